The number of anilines is 2. The van der Waals surface area contributed by atoms with Crippen LogP contribution in [0.5, 0.6) is 23.0 Å². The van der Waals surface area contributed by atoms with Crippen molar-refractivity contribution in [1.82, 2.24) is 9.97 Å². The van der Waals surface area contributed by atoms with Crippen LogP contribution in [0.3, 0.4) is 0 Å². The smallest absolute Gasteiger partial charge is 0.325 e. The molecule has 0 aliphatic heterocycles. The summed E-state index contributed by atoms with van der Waals surface area (Å²) >= 11 is 7.80. The molecule has 8 nitrogen and oxygen atoms in total. The molecule has 0 saturated heterocycles. The van der Waals surface area contributed by atoms with Crippen molar-refractivity contribution >= 4 is 50.7 Å². The van der Waals surface area contributed by atoms with Crippen molar-refractivity contribution in [2.24, 2.45) is 0 Å². The lowest BCUT2D eigenvalue weighted by atomic mass is 10.2. The Morgan fingerprint density at radius 1 is 1.00 bits per heavy atom. The highest BCUT2D eigenvalue weighted by molar-refractivity contribution is 7.15. The number of halogens is 1. The first-order chi connectivity index (χ1) is 15.9. The molecule has 2 aromatic heterocycles. The lowest BCUT2D eigenvalue weighted by molar-refractivity contribution is 0.262. The number of nitrogens with one attached hydrogen (secondary N) is 2. The summed E-state index contributed by atoms with van der Waals surface area (Å²) in [6.45, 7) is 3.84. The van der Waals surface area contributed by atoms with Crippen LogP contribution in [0.4, 0.5) is 15.6 Å². The predicted octanol–water partition coefficient (Wildman–Crippen LogP) is 6.42. The van der Waals surface area contributed by atoms with E-state index in [1.165, 1.54) is 11.3 Å². The number of ether oxygens (including phenoxy) is 3. The number of amides is 2. The van der Waals surface area contributed by atoms with Crippen LogP contribution < -0.4 is 24.8 Å². The van der Waals surface area contributed by atoms with E-state index in [2.05, 4.69) is 20.6 Å². The van der Waals surface area contributed by atoms with Gasteiger partial charge in [-0.15, -0.1) is 11.3 Å². The minimum Gasteiger partial charge on any atom is -0.493 e. The summed E-state index contributed by atoms with van der Waals surface area (Å²) in [5.41, 5.74) is 2.02. The van der Waals surface area contributed by atoms with Gasteiger partial charge in [-0.1, -0.05) is 11.6 Å². The number of hydrogen-bond donors (Lipinski definition) is 2. The number of aromatic nitrogens is 2. The molecule has 0 fully saturated rings. The quantitative estimate of drug-likeness (QED) is 0.328. The van der Waals surface area contributed by atoms with Crippen LogP contribution in [0.15, 0.2) is 42.6 Å². The number of aryl methyl sites for hydroxylation is 2. The van der Waals surface area contributed by atoms with Crippen molar-refractivity contribution in [3.05, 3.63) is 58.2 Å². The molecule has 0 unspecified atom stereocenters. The minimum absolute atomic E-state index is 0.326. The van der Waals surface area contributed by atoms with Gasteiger partial charge in [0.1, 0.15) is 11.5 Å². The number of carbonyl (C=O) groups is 1. The Kier molecular flexibility index (Phi) is 6.52. The van der Waals surface area contributed by atoms with Crippen molar-refractivity contribution < 1.29 is 19.0 Å². The number of hydrogen-bond acceptors (Lipinski definition) is 7. The molecule has 4 aromatic rings. The van der Waals surface area contributed by atoms with E-state index in [0.29, 0.717) is 44.4 Å². The lowest BCUT2D eigenvalue weighted by Crippen LogP contribution is -2.19. The minimum atomic E-state index is -0.430. The first kappa shape index (κ1) is 22.6. The van der Waals surface area contributed by atoms with E-state index in [-0.39, 0.29) is 0 Å². The molecular formula is C23H21ClN4O4S. The lowest BCUT2D eigenvalue weighted by Gasteiger charge is -2.13. The zero-order valence-corrected chi connectivity index (χ0v) is 19.9. The zero-order valence-electron chi connectivity index (χ0n) is 18.4. The predicted molar refractivity (Wildman–Crippen MR) is 131 cm³/mol. The Bertz CT molecular complexity index is 1320. The van der Waals surface area contributed by atoms with E-state index < -0.39 is 6.03 Å². The van der Waals surface area contributed by atoms with Gasteiger partial charge < -0.3 is 19.5 Å². The highest BCUT2D eigenvalue weighted by Crippen LogP contribution is 2.38. The van der Waals surface area contributed by atoms with Crippen LogP contribution in [0.2, 0.25) is 5.02 Å². The van der Waals surface area contributed by atoms with Crippen LogP contribution in [-0.4, -0.2) is 30.2 Å². The van der Waals surface area contributed by atoms with Crippen LogP contribution in [-0.2, 0) is 0 Å². The van der Waals surface area contributed by atoms with Gasteiger partial charge in [-0.25, -0.2) is 9.78 Å². The topological polar surface area (TPSA) is 94.6 Å². The molecule has 0 saturated carbocycles. The van der Waals surface area contributed by atoms with Crippen molar-refractivity contribution in [2.75, 3.05) is 24.9 Å². The second-order valence-electron chi connectivity index (χ2n) is 7.02. The Morgan fingerprint density at radius 2 is 1.76 bits per heavy atom. The molecular weight excluding hydrogens is 464 g/mol. The number of thiazole rings is 1. The van der Waals surface area contributed by atoms with Gasteiger partial charge >= 0.3 is 6.03 Å². The Balaban J connectivity index is 1.52. The largest absolute Gasteiger partial charge is 0.493 e. The highest BCUT2D eigenvalue weighted by atomic mass is 35.5. The van der Waals surface area contributed by atoms with Crippen LogP contribution in [0.1, 0.15) is 10.6 Å². The summed E-state index contributed by atoms with van der Waals surface area (Å²) in [5, 5.41) is 7.04. The standard InChI is InChI=1S/C23H21ClN4O4S/c1-12-13(2)33-23(26-12)28-22(29)27-17-6-5-14(9-16(17)24)32-19-7-8-25-18-11-21(31-4)20(30-3)10-15(18)19/h5-11H,1-4H3,(H2,26,27,28,29). The molecule has 10 heteroatoms. The third-order valence-electron chi connectivity index (χ3n) is 4.87. The van der Waals surface area contributed by atoms with Gasteiger partial charge in [-0.2, -0.15) is 0 Å². The van der Waals surface area contributed by atoms with Crippen LogP contribution in [0, 0.1) is 13.8 Å². The van der Waals surface area contributed by atoms with E-state index in [1.807, 2.05) is 13.8 Å². The summed E-state index contributed by atoms with van der Waals surface area (Å²) in [4.78, 5) is 22.0. The fourth-order valence-corrected chi connectivity index (χ4v) is 4.13. The molecule has 0 atom stereocenters. The van der Waals surface area contributed by atoms with E-state index in [0.717, 1.165) is 16.0 Å². The van der Waals surface area contributed by atoms with Crippen LogP contribution in [0.25, 0.3) is 10.9 Å². The Labute approximate surface area is 199 Å². The van der Waals surface area contributed by atoms with E-state index >= 15 is 0 Å². The second kappa shape index (κ2) is 9.51. The number of methoxy groups -OCH3 is 2. The molecule has 33 heavy (non-hydrogen) atoms. The molecule has 2 heterocycles. The molecule has 2 amide bonds. The number of urea groups is 1. The van der Waals surface area contributed by atoms with Crippen molar-refractivity contribution in [3.8, 4) is 23.0 Å². The van der Waals surface area contributed by atoms with Gasteiger partial charge in [-0.3, -0.25) is 10.3 Å². The summed E-state index contributed by atoms with van der Waals surface area (Å²) in [7, 11) is 3.14. The maximum atomic E-state index is 12.3. The Hall–Kier alpha value is -3.56. The number of pyridine rings is 1. The summed E-state index contributed by atoms with van der Waals surface area (Å²) in [5.74, 6) is 2.22. The molecule has 2 aromatic carbocycles. The molecule has 0 radical (unpaired) electrons. The summed E-state index contributed by atoms with van der Waals surface area (Å²) in [6.07, 6.45) is 1.65. The first-order valence-corrected chi connectivity index (χ1v) is 11.1. The molecule has 0 spiro atoms. The number of benzene rings is 2. The molecule has 0 aliphatic rings. The van der Waals surface area contributed by atoms with Gasteiger partial charge in [0, 0.05) is 28.6 Å². The van der Waals surface area contributed by atoms with Crippen LogP contribution >= 0.6 is 22.9 Å². The molecule has 0 bridgehead atoms. The molecule has 2 N–H and O–H groups in total. The second-order valence-corrected chi connectivity index (χ2v) is 8.63. The summed E-state index contributed by atoms with van der Waals surface area (Å²) < 4.78 is 16.8. The molecule has 4 rings (SSSR count). The van der Waals surface area contributed by atoms with Crippen molar-refractivity contribution in [3.63, 3.8) is 0 Å². The average Bonchev–Trinajstić information content (AvgIpc) is 3.11. The normalized spacial score (nSPS) is 10.7. The van der Waals surface area contributed by atoms with E-state index in [4.69, 9.17) is 25.8 Å². The van der Waals surface area contributed by atoms with E-state index in [1.54, 1.807) is 56.8 Å². The fourth-order valence-electron chi connectivity index (χ4n) is 3.10. The Morgan fingerprint density at radius 3 is 2.42 bits per heavy atom. The third kappa shape index (κ3) is 4.94. The van der Waals surface area contributed by atoms with Gasteiger partial charge in [0.25, 0.3) is 0 Å². The monoisotopic (exact) mass is 484 g/mol. The maximum Gasteiger partial charge on any atom is 0.325 e. The van der Waals surface area contributed by atoms with Gasteiger partial charge in [-0.05, 0) is 38.1 Å². The van der Waals surface area contributed by atoms with Gasteiger partial charge in [0.2, 0.25) is 0 Å². The molecule has 170 valence electrons. The third-order valence-corrected chi connectivity index (χ3v) is 6.17. The number of carbonyl (C=O) groups excluding carboxylic acids is 1. The van der Waals surface area contributed by atoms with Gasteiger partial charge in [0.15, 0.2) is 16.6 Å². The maximum absolute atomic E-state index is 12.3. The fraction of sp³-hybridized carbons (Fsp3) is 0.174. The van der Waals surface area contributed by atoms with Gasteiger partial charge in [0.05, 0.1) is 36.1 Å². The zero-order chi connectivity index (χ0) is 23.5. The first-order valence-electron chi connectivity index (χ1n) is 9.88. The number of nitrogens with zero attached hydrogens (tertiary/aromatic N) is 2. The van der Waals surface area contributed by atoms with Crippen molar-refractivity contribution in [2.45, 2.75) is 13.8 Å². The number of rotatable bonds is 6. The summed E-state index contributed by atoms with van der Waals surface area (Å²) in [6, 6.07) is 9.92. The number of fused-ring (bicyclic) bond motifs is 1. The van der Waals surface area contributed by atoms with Crippen molar-refractivity contribution in [1.29, 1.82) is 0 Å². The molecule has 0 aliphatic carbocycles. The highest BCUT2D eigenvalue weighted by Gasteiger charge is 2.13. The average molecular weight is 485 g/mol. The SMILES string of the molecule is COc1cc2nccc(Oc3ccc(NC(=O)Nc4nc(C)c(C)s4)c(Cl)c3)c2cc1OC. The van der Waals surface area contributed by atoms with E-state index in [9.17, 15) is 4.79 Å².